The number of amides is 1. The molecule has 0 unspecified atom stereocenters. The molecule has 0 aliphatic carbocycles. The van der Waals surface area contributed by atoms with Gasteiger partial charge >= 0.3 is 0 Å². The number of nitrogens with zero attached hydrogens (tertiary/aromatic N) is 3. The molecule has 1 atom stereocenters. The third kappa shape index (κ3) is 1.73. The molecule has 1 amide bonds. The molecule has 0 spiro atoms. The number of carbonyl (C=O) groups excluding carboxylic acids is 1. The summed E-state index contributed by atoms with van der Waals surface area (Å²) in [6.07, 6.45) is 5.73. The zero-order chi connectivity index (χ0) is 9.97. The van der Waals surface area contributed by atoms with E-state index in [0.717, 1.165) is 19.5 Å². The molecule has 0 N–H and O–H groups in total. The molecule has 4 heteroatoms. The summed E-state index contributed by atoms with van der Waals surface area (Å²) in [4.78, 5) is 21.5. The maximum Gasteiger partial charge on any atom is 0.274 e. The lowest BCUT2D eigenvalue weighted by Gasteiger charge is -2.14. The van der Waals surface area contributed by atoms with Gasteiger partial charge in [-0.3, -0.25) is 9.78 Å². The predicted octanol–water partition coefficient (Wildman–Crippen LogP) is 0.959. The van der Waals surface area contributed by atoms with Crippen molar-refractivity contribution in [3.63, 3.8) is 0 Å². The smallest absolute Gasteiger partial charge is 0.274 e. The van der Waals surface area contributed by atoms with Gasteiger partial charge in [0.15, 0.2) is 0 Å². The normalized spacial score (nSPS) is 21.2. The fourth-order valence-corrected chi connectivity index (χ4v) is 1.69. The summed E-state index contributed by atoms with van der Waals surface area (Å²) >= 11 is 0. The average Bonchev–Trinajstić information content (AvgIpc) is 2.65. The molecule has 0 saturated carbocycles. The Balaban J connectivity index is 2.10. The zero-order valence-corrected chi connectivity index (χ0v) is 8.18. The van der Waals surface area contributed by atoms with Crippen LogP contribution in [0.5, 0.6) is 0 Å². The van der Waals surface area contributed by atoms with Crippen LogP contribution in [0, 0.1) is 5.92 Å². The number of likely N-dealkylation sites (tertiary alicyclic amines) is 1. The van der Waals surface area contributed by atoms with Gasteiger partial charge in [-0.1, -0.05) is 6.92 Å². The van der Waals surface area contributed by atoms with Crippen LogP contribution in [0.25, 0.3) is 0 Å². The monoisotopic (exact) mass is 191 g/mol. The van der Waals surface area contributed by atoms with Crippen molar-refractivity contribution < 1.29 is 4.79 Å². The van der Waals surface area contributed by atoms with Gasteiger partial charge in [-0.25, -0.2) is 4.98 Å². The first-order valence-electron chi connectivity index (χ1n) is 4.82. The summed E-state index contributed by atoms with van der Waals surface area (Å²) in [6, 6.07) is 0. The van der Waals surface area contributed by atoms with Gasteiger partial charge in [-0.2, -0.15) is 0 Å². The van der Waals surface area contributed by atoms with Gasteiger partial charge in [0.25, 0.3) is 5.91 Å². The van der Waals surface area contributed by atoms with Crippen molar-refractivity contribution in [2.24, 2.45) is 5.92 Å². The Morgan fingerprint density at radius 2 is 2.43 bits per heavy atom. The number of hydrogen-bond donors (Lipinski definition) is 0. The number of hydrogen-bond acceptors (Lipinski definition) is 3. The fourth-order valence-electron chi connectivity index (χ4n) is 1.69. The average molecular weight is 191 g/mol. The molecule has 1 aromatic rings. The minimum atomic E-state index is 0.00227. The molecule has 0 aromatic carbocycles. The van der Waals surface area contributed by atoms with Crippen LogP contribution in [0.15, 0.2) is 18.6 Å². The number of rotatable bonds is 1. The van der Waals surface area contributed by atoms with Gasteiger partial charge in [-0.05, 0) is 12.3 Å². The van der Waals surface area contributed by atoms with Gasteiger partial charge in [0.2, 0.25) is 0 Å². The van der Waals surface area contributed by atoms with Crippen molar-refractivity contribution in [3.05, 3.63) is 24.3 Å². The van der Waals surface area contributed by atoms with Crippen molar-refractivity contribution in [2.75, 3.05) is 13.1 Å². The second-order valence-corrected chi connectivity index (χ2v) is 3.74. The summed E-state index contributed by atoms with van der Waals surface area (Å²) in [5, 5.41) is 0. The molecular weight excluding hydrogens is 178 g/mol. The highest BCUT2D eigenvalue weighted by atomic mass is 16.2. The zero-order valence-electron chi connectivity index (χ0n) is 8.18. The molecule has 14 heavy (non-hydrogen) atoms. The molecule has 1 aromatic heterocycles. The fraction of sp³-hybridized carbons (Fsp3) is 0.500. The lowest BCUT2D eigenvalue weighted by Crippen LogP contribution is -2.29. The standard InChI is InChI=1S/C10H13N3O/c1-8-2-5-13(7-8)10(14)9-6-11-3-4-12-9/h3-4,6,8H,2,5,7H2,1H3/t8-/m1/s1. The molecule has 1 saturated heterocycles. The van der Waals surface area contributed by atoms with E-state index in [1.807, 2.05) is 4.90 Å². The first-order valence-corrected chi connectivity index (χ1v) is 4.82. The van der Waals surface area contributed by atoms with E-state index >= 15 is 0 Å². The van der Waals surface area contributed by atoms with Crippen molar-refractivity contribution in [1.29, 1.82) is 0 Å². The van der Waals surface area contributed by atoms with Crippen LogP contribution in [-0.4, -0.2) is 33.9 Å². The third-order valence-corrected chi connectivity index (χ3v) is 2.49. The van der Waals surface area contributed by atoms with E-state index in [1.165, 1.54) is 6.20 Å². The molecule has 0 bridgehead atoms. The van der Waals surface area contributed by atoms with E-state index in [-0.39, 0.29) is 5.91 Å². The maximum atomic E-state index is 11.8. The molecule has 74 valence electrons. The van der Waals surface area contributed by atoms with E-state index in [1.54, 1.807) is 12.4 Å². The number of aromatic nitrogens is 2. The van der Waals surface area contributed by atoms with E-state index in [9.17, 15) is 4.79 Å². The SMILES string of the molecule is C[C@@H]1CCN(C(=O)c2cnccn2)C1. The Labute approximate surface area is 83.0 Å². The topological polar surface area (TPSA) is 46.1 Å². The van der Waals surface area contributed by atoms with Gasteiger partial charge in [-0.15, -0.1) is 0 Å². The van der Waals surface area contributed by atoms with E-state index in [4.69, 9.17) is 0 Å². The van der Waals surface area contributed by atoms with Crippen LogP contribution >= 0.6 is 0 Å². The predicted molar refractivity (Wildman–Crippen MR) is 51.7 cm³/mol. The quantitative estimate of drug-likeness (QED) is 0.664. The molecule has 0 radical (unpaired) electrons. The number of carbonyl (C=O) groups is 1. The van der Waals surface area contributed by atoms with E-state index < -0.39 is 0 Å². The van der Waals surface area contributed by atoms with Crippen LogP contribution in [0.3, 0.4) is 0 Å². The second kappa shape index (κ2) is 3.74. The van der Waals surface area contributed by atoms with Gasteiger partial charge in [0, 0.05) is 25.5 Å². The summed E-state index contributed by atoms with van der Waals surface area (Å²) in [5.41, 5.74) is 0.446. The van der Waals surface area contributed by atoms with Crippen LogP contribution in [0.1, 0.15) is 23.8 Å². The van der Waals surface area contributed by atoms with E-state index in [0.29, 0.717) is 11.6 Å². The van der Waals surface area contributed by atoms with Gasteiger partial charge in [0.1, 0.15) is 5.69 Å². The minimum absolute atomic E-state index is 0.00227. The Kier molecular flexibility index (Phi) is 2.43. The lowest BCUT2D eigenvalue weighted by molar-refractivity contribution is 0.0782. The molecule has 1 aliphatic heterocycles. The first-order chi connectivity index (χ1) is 6.77. The van der Waals surface area contributed by atoms with Crippen LogP contribution in [0.2, 0.25) is 0 Å². The second-order valence-electron chi connectivity index (χ2n) is 3.74. The Hall–Kier alpha value is -1.45. The third-order valence-electron chi connectivity index (χ3n) is 2.49. The van der Waals surface area contributed by atoms with E-state index in [2.05, 4.69) is 16.9 Å². The lowest BCUT2D eigenvalue weighted by atomic mass is 10.2. The highest BCUT2D eigenvalue weighted by molar-refractivity contribution is 5.92. The Bertz CT molecular complexity index is 325. The molecule has 1 fully saturated rings. The Morgan fingerprint density at radius 3 is 3.00 bits per heavy atom. The molecule has 2 rings (SSSR count). The first kappa shape index (κ1) is 9.12. The van der Waals surface area contributed by atoms with Gasteiger partial charge < -0.3 is 4.90 Å². The molecule has 2 heterocycles. The molecule has 1 aliphatic rings. The highest BCUT2D eigenvalue weighted by Gasteiger charge is 2.24. The van der Waals surface area contributed by atoms with Crippen molar-refractivity contribution in [2.45, 2.75) is 13.3 Å². The largest absolute Gasteiger partial charge is 0.337 e. The summed E-state index contributed by atoms with van der Waals surface area (Å²) < 4.78 is 0. The van der Waals surface area contributed by atoms with Crippen molar-refractivity contribution >= 4 is 5.91 Å². The Morgan fingerprint density at radius 1 is 1.57 bits per heavy atom. The van der Waals surface area contributed by atoms with Crippen LogP contribution in [-0.2, 0) is 0 Å². The summed E-state index contributed by atoms with van der Waals surface area (Å²) in [6.45, 7) is 3.84. The van der Waals surface area contributed by atoms with Crippen molar-refractivity contribution in [1.82, 2.24) is 14.9 Å². The van der Waals surface area contributed by atoms with Crippen LogP contribution < -0.4 is 0 Å². The maximum absolute atomic E-state index is 11.8. The molecular formula is C10H13N3O. The van der Waals surface area contributed by atoms with Gasteiger partial charge in [0.05, 0.1) is 6.20 Å². The summed E-state index contributed by atoms with van der Waals surface area (Å²) in [7, 11) is 0. The van der Waals surface area contributed by atoms with Crippen molar-refractivity contribution in [3.8, 4) is 0 Å². The highest BCUT2D eigenvalue weighted by Crippen LogP contribution is 2.16. The minimum Gasteiger partial charge on any atom is -0.337 e. The summed E-state index contributed by atoms with van der Waals surface area (Å²) in [5.74, 6) is 0.609. The molecule has 4 nitrogen and oxygen atoms in total. The van der Waals surface area contributed by atoms with Crippen LogP contribution in [0.4, 0.5) is 0 Å².